The van der Waals surface area contributed by atoms with E-state index in [0.29, 0.717) is 43.3 Å². The fourth-order valence-corrected chi connectivity index (χ4v) is 4.59. The average molecular weight is 474 g/mol. The number of hydrogen-bond donors (Lipinski definition) is 1. The van der Waals surface area contributed by atoms with Gasteiger partial charge in [-0.2, -0.15) is 0 Å². The number of ether oxygens (including phenoxy) is 3. The molecule has 0 aliphatic carbocycles. The molecule has 186 valence electrons. The molecule has 2 aliphatic rings. The summed E-state index contributed by atoms with van der Waals surface area (Å²) in [5.74, 6) is -0.262. The Bertz CT molecular complexity index is 931. The Morgan fingerprint density at radius 1 is 1.15 bits per heavy atom. The second-order valence-electron chi connectivity index (χ2n) is 8.31. The third kappa shape index (κ3) is 5.70. The molecule has 0 spiro atoms. The number of methoxy groups -OCH3 is 1. The summed E-state index contributed by atoms with van der Waals surface area (Å²) in [5, 5.41) is 2.97. The first-order valence-corrected chi connectivity index (χ1v) is 11.9. The highest BCUT2D eigenvalue weighted by molar-refractivity contribution is 5.95. The van der Waals surface area contributed by atoms with E-state index in [4.69, 9.17) is 14.2 Å². The van der Waals surface area contributed by atoms with Crippen molar-refractivity contribution in [1.29, 1.82) is 0 Å². The van der Waals surface area contributed by atoms with Crippen LogP contribution in [-0.4, -0.2) is 74.3 Å². The monoisotopic (exact) mass is 473 g/mol. The van der Waals surface area contributed by atoms with Gasteiger partial charge in [-0.25, -0.2) is 9.59 Å². The third-order valence-corrected chi connectivity index (χ3v) is 6.18. The van der Waals surface area contributed by atoms with Gasteiger partial charge in [0.05, 0.1) is 37.9 Å². The number of likely N-dealkylation sites (tertiary alicyclic amines) is 1. The molecule has 34 heavy (non-hydrogen) atoms. The van der Waals surface area contributed by atoms with Gasteiger partial charge in [0.2, 0.25) is 0 Å². The number of nitrogens with one attached hydrogen (secondary N) is 1. The molecule has 3 rings (SSSR count). The second kappa shape index (κ2) is 11.9. The Morgan fingerprint density at radius 3 is 2.59 bits per heavy atom. The van der Waals surface area contributed by atoms with Crippen LogP contribution >= 0.6 is 0 Å². The highest BCUT2D eigenvalue weighted by Gasteiger charge is 2.39. The summed E-state index contributed by atoms with van der Waals surface area (Å²) in [6, 6.07) is 6.33. The predicted octanol–water partition coefficient (Wildman–Crippen LogP) is 2.87. The molecule has 1 aromatic rings. The lowest BCUT2D eigenvalue weighted by molar-refractivity contribution is -0.150. The lowest BCUT2D eigenvalue weighted by Crippen LogP contribution is -2.51. The number of amides is 2. The van der Waals surface area contributed by atoms with Crippen molar-refractivity contribution in [2.45, 2.75) is 39.7 Å². The van der Waals surface area contributed by atoms with E-state index in [0.717, 1.165) is 24.9 Å². The quantitative estimate of drug-likeness (QED) is 0.551. The highest BCUT2D eigenvalue weighted by Crippen LogP contribution is 2.34. The van der Waals surface area contributed by atoms with Crippen LogP contribution < -0.4 is 10.1 Å². The number of benzene rings is 1. The zero-order chi connectivity index (χ0) is 24.7. The molecule has 2 amide bonds. The summed E-state index contributed by atoms with van der Waals surface area (Å²) in [4.78, 5) is 42.4. The molecule has 2 heterocycles. The normalized spacial score (nSPS) is 21.2. The molecule has 0 bridgehead atoms. The van der Waals surface area contributed by atoms with Crippen molar-refractivity contribution in [2.75, 3.05) is 46.5 Å². The summed E-state index contributed by atoms with van der Waals surface area (Å²) < 4.78 is 16.0. The van der Waals surface area contributed by atoms with Crippen molar-refractivity contribution < 1.29 is 28.6 Å². The summed E-state index contributed by atoms with van der Waals surface area (Å²) in [6.07, 6.45) is 1.60. The fraction of sp³-hybridized carbons (Fsp3) is 0.560. The number of carbonyl (C=O) groups excluding carboxylic acids is 3. The molecule has 9 heteroatoms. The number of nitrogens with zero attached hydrogens (tertiary/aromatic N) is 2. The maximum Gasteiger partial charge on any atom is 0.338 e. The Balaban J connectivity index is 2.01. The molecular formula is C25H35N3O6. The van der Waals surface area contributed by atoms with E-state index >= 15 is 0 Å². The lowest BCUT2D eigenvalue weighted by atomic mass is 9.93. The third-order valence-electron chi connectivity index (χ3n) is 6.18. The van der Waals surface area contributed by atoms with Crippen LogP contribution in [0, 0.1) is 5.92 Å². The number of carbonyl (C=O) groups is 3. The van der Waals surface area contributed by atoms with Crippen molar-refractivity contribution in [2.24, 2.45) is 5.92 Å². The first kappa shape index (κ1) is 25.6. The van der Waals surface area contributed by atoms with Gasteiger partial charge in [-0.3, -0.25) is 14.6 Å². The number of rotatable bonds is 9. The van der Waals surface area contributed by atoms with Crippen LogP contribution in [0.1, 0.15) is 45.2 Å². The molecule has 2 unspecified atom stereocenters. The predicted molar refractivity (Wildman–Crippen MR) is 126 cm³/mol. The van der Waals surface area contributed by atoms with E-state index in [-0.39, 0.29) is 24.5 Å². The molecule has 1 fully saturated rings. The van der Waals surface area contributed by atoms with E-state index in [1.54, 1.807) is 31.9 Å². The molecule has 1 N–H and O–H groups in total. The maximum atomic E-state index is 13.2. The zero-order valence-corrected chi connectivity index (χ0v) is 20.5. The van der Waals surface area contributed by atoms with E-state index in [1.165, 1.54) is 0 Å². The lowest BCUT2D eigenvalue weighted by Gasteiger charge is -2.39. The minimum atomic E-state index is -0.676. The summed E-state index contributed by atoms with van der Waals surface area (Å²) in [7, 11) is 1.57. The maximum absolute atomic E-state index is 13.2. The Hall–Kier alpha value is -3.07. The van der Waals surface area contributed by atoms with Gasteiger partial charge in [0.15, 0.2) is 0 Å². The Morgan fingerprint density at radius 2 is 1.91 bits per heavy atom. The number of piperidine rings is 1. The molecule has 1 aromatic carbocycles. The first-order chi connectivity index (χ1) is 16.4. The Kier molecular flexibility index (Phi) is 8.92. The fourth-order valence-electron chi connectivity index (χ4n) is 4.59. The zero-order valence-electron chi connectivity index (χ0n) is 20.5. The number of likely N-dealkylation sites (N-methyl/N-ethyl adjacent to an activating group) is 1. The van der Waals surface area contributed by atoms with Gasteiger partial charge in [0.1, 0.15) is 5.75 Å². The molecule has 2 aliphatic heterocycles. The molecule has 2 atom stereocenters. The van der Waals surface area contributed by atoms with Gasteiger partial charge in [-0.1, -0.05) is 12.1 Å². The van der Waals surface area contributed by atoms with Crippen LogP contribution in [0.15, 0.2) is 35.5 Å². The van der Waals surface area contributed by atoms with Crippen LogP contribution in [0.25, 0.3) is 0 Å². The van der Waals surface area contributed by atoms with Crippen molar-refractivity contribution in [3.8, 4) is 5.75 Å². The van der Waals surface area contributed by atoms with Crippen LogP contribution in [-0.2, 0) is 19.1 Å². The molecular weight excluding hydrogens is 438 g/mol. The average Bonchev–Trinajstić information content (AvgIpc) is 2.84. The van der Waals surface area contributed by atoms with Gasteiger partial charge in [-0.05, 0) is 57.9 Å². The van der Waals surface area contributed by atoms with Crippen LogP contribution in [0.3, 0.4) is 0 Å². The van der Waals surface area contributed by atoms with Crippen molar-refractivity contribution >= 4 is 18.0 Å². The van der Waals surface area contributed by atoms with E-state index in [1.807, 2.05) is 25.1 Å². The standard InChI is InChI=1S/C25H35N3O6/c1-5-28-20(16-27-13-9-11-18(15-27)23(29)33-6-2)21(24(30)34-7-3)22(26-25(28)31)17-10-8-12-19(14-17)32-4/h8,10,12,14,18,22H,5-7,9,11,13,15-16H2,1-4H3,(H,26,31). The van der Waals surface area contributed by atoms with Gasteiger partial charge < -0.3 is 19.5 Å². The van der Waals surface area contributed by atoms with E-state index in [2.05, 4.69) is 10.2 Å². The summed E-state index contributed by atoms with van der Waals surface area (Å²) in [5.41, 5.74) is 1.73. The van der Waals surface area contributed by atoms with Crippen LogP contribution in [0.2, 0.25) is 0 Å². The molecule has 0 saturated carbocycles. The minimum absolute atomic E-state index is 0.199. The van der Waals surface area contributed by atoms with Crippen molar-refractivity contribution in [3.63, 3.8) is 0 Å². The SMILES string of the molecule is CCOC(=O)C1=C(CN2CCCC(C(=O)OCC)C2)N(CC)C(=O)NC1c1cccc(OC)c1. The van der Waals surface area contributed by atoms with Crippen LogP contribution in [0.5, 0.6) is 5.75 Å². The molecule has 0 aromatic heterocycles. The molecule has 0 radical (unpaired) electrons. The summed E-state index contributed by atoms with van der Waals surface area (Å²) >= 11 is 0. The van der Waals surface area contributed by atoms with Crippen molar-refractivity contribution in [3.05, 3.63) is 41.1 Å². The molecule has 1 saturated heterocycles. The second-order valence-corrected chi connectivity index (χ2v) is 8.31. The minimum Gasteiger partial charge on any atom is -0.497 e. The number of esters is 2. The van der Waals surface area contributed by atoms with E-state index in [9.17, 15) is 14.4 Å². The topological polar surface area (TPSA) is 97.4 Å². The van der Waals surface area contributed by atoms with Gasteiger partial charge in [0, 0.05) is 25.3 Å². The van der Waals surface area contributed by atoms with Crippen LogP contribution in [0.4, 0.5) is 4.79 Å². The number of urea groups is 1. The summed E-state index contributed by atoms with van der Waals surface area (Å²) in [6.45, 7) is 8.01. The van der Waals surface area contributed by atoms with Gasteiger partial charge in [-0.15, -0.1) is 0 Å². The van der Waals surface area contributed by atoms with Gasteiger partial charge >= 0.3 is 18.0 Å². The van der Waals surface area contributed by atoms with Gasteiger partial charge in [0.25, 0.3) is 0 Å². The first-order valence-electron chi connectivity index (χ1n) is 11.9. The van der Waals surface area contributed by atoms with Crippen molar-refractivity contribution in [1.82, 2.24) is 15.1 Å². The molecule has 9 nitrogen and oxygen atoms in total. The smallest absolute Gasteiger partial charge is 0.338 e. The van der Waals surface area contributed by atoms with E-state index < -0.39 is 12.0 Å². The Labute approximate surface area is 201 Å². The largest absolute Gasteiger partial charge is 0.497 e. The highest BCUT2D eigenvalue weighted by atomic mass is 16.5. The number of hydrogen-bond acceptors (Lipinski definition) is 7.